The van der Waals surface area contributed by atoms with Crippen LogP contribution in [0, 0.1) is 0 Å². The summed E-state index contributed by atoms with van der Waals surface area (Å²) in [5, 5.41) is 3.14. The van der Waals surface area contributed by atoms with Gasteiger partial charge in [-0.3, -0.25) is 4.98 Å². The highest BCUT2D eigenvalue weighted by Gasteiger charge is 2.31. The number of anilines is 1. The van der Waals surface area contributed by atoms with E-state index in [1.165, 1.54) is 12.4 Å². The van der Waals surface area contributed by atoms with E-state index in [4.69, 9.17) is 0 Å². The Morgan fingerprint density at radius 2 is 1.96 bits per heavy atom. The highest BCUT2D eigenvalue weighted by atomic mass is 32.1. The van der Waals surface area contributed by atoms with E-state index in [2.05, 4.69) is 29.0 Å². The van der Waals surface area contributed by atoms with Crippen molar-refractivity contribution < 1.29 is 13.2 Å². The van der Waals surface area contributed by atoms with E-state index in [1.807, 2.05) is 18.2 Å². The molecular weight excluding hydrogens is 377 g/mol. The number of rotatable bonds is 4. The molecule has 0 aliphatic heterocycles. The lowest BCUT2D eigenvalue weighted by Gasteiger charge is -2.09. The van der Waals surface area contributed by atoms with Crippen molar-refractivity contribution in [2.24, 2.45) is 0 Å². The topological polar surface area (TPSA) is 76.5 Å². The van der Waals surface area contributed by atoms with Crippen molar-refractivity contribution in [3.05, 3.63) is 60.0 Å². The molecule has 0 aliphatic rings. The molecule has 0 unspecified atom stereocenters. The van der Waals surface area contributed by atoms with Gasteiger partial charge in [0.25, 0.3) is 0 Å². The van der Waals surface area contributed by atoms with Crippen LogP contribution in [-0.2, 0) is 12.7 Å². The molecule has 1 aromatic carbocycles. The van der Waals surface area contributed by atoms with Crippen molar-refractivity contribution >= 4 is 28.6 Å². The summed E-state index contributed by atoms with van der Waals surface area (Å²) < 4.78 is 47.1. The zero-order valence-corrected chi connectivity index (χ0v) is 14.4. The van der Waals surface area contributed by atoms with E-state index in [-0.39, 0.29) is 11.4 Å². The minimum Gasteiger partial charge on any atom is -0.366 e. The lowest BCUT2D eigenvalue weighted by Crippen LogP contribution is -2.06. The molecule has 0 aliphatic carbocycles. The zero-order chi connectivity index (χ0) is 18.9. The van der Waals surface area contributed by atoms with Crippen LogP contribution in [0.25, 0.3) is 22.4 Å². The second-order valence-electron chi connectivity index (χ2n) is 5.63. The normalized spacial score (nSPS) is 11.7. The van der Waals surface area contributed by atoms with Gasteiger partial charge in [0.15, 0.2) is 5.82 Å². The van der Waals surface area contributed by atoms with Crippen LogP contribution < -0.4 is 5.32 Å². The number of benzene rings is 1. The smallest absolute Gasteiger partial charge is 0.366 e. The number of alkyl halides is 3. The summed E-state index contributed by atoms with van der Waals surface area (Å²) in [6, 6.07) is 8.32. The van der Waals surface area contributed by atoms with E-state index in [1.54, 1.807) is 6.07 Å². The number of hydrogen-bond acceptors (Lipinski definition) is 7. The molecule has 0 bridgehead atoms. The molecule has 1 N–H and O–H groups in total. The van der Waals surface area contributed by atoms with E-state index in [9.17, 15) is 13.2 Å². The number of aromatic nitrogens is 5. The molecule has 0 spiro atoms. The molecule has 10 heteroatoms. The maximum atomic E-state index is 12.9. The fraction of sp³-hybridized carbons (Fsp3) is 0.118. The molecule has 0 saturated carbocycles. The summed E-state index contributed by atoms with van der Waals surface area (Å²) in [6.45, 7) is 0.444. The Labute approximate surface area is 155 Å². The van der Waals surface area contributed by atoms with Gasteiger partial charge in [0, 0.05) is 36.3 Å². The Morgan fingerprint density at radius 3 is 2.81 bits per heavy atom. The summed E-state index contributed by atoms with van der Waals surface area (Å²) in [7, 11) is 0. The van der Waals surface area contributed by atoms with Crippen LogP contribution >= 0.6 is 11.7 Å². The van der Waals surface area contributed by atoms with Gasteiger partial charge >= 0.3 is 6.18 Å². The molecule has 0 radical (unpaired) electrons. The van der Waals surface area contributed by atoms with E-state index >= 15 is 0 Å². The van der Waals surface area contributed by atoms with Crippen LogP contribution in [0.4, 0.5) is 19.0 Å². The summed E-state index contributed by atoms with van der Waals surface area (Å²) in [5.41, 5.74) is 1.93. The number of hydrogen-bond donors (Lipinski definition) is 1. The summed E-state index contributed by atoms with van der Waals surface area (Å²) in [6.07, 6.45) is -0.917. The van der Waals surface area contributed by atoms with Crippen molar-refractivity contribution in [3.8, 4) is 11.4 Å². The molecule has 4 aromatic rings. The second kappa shape index (κ2) is 6.88. The SMILES string of the molecule is FC(F)(F)c1cncc(-c2nccc(NCc3cccc4nsnc34)n2)c1. The van der Waals surface area contributed by atoms with Gasteiger partial charge in [-0.15, -0.1) is 0 Å². The lowest BCUT2D eigenvalue weighted by molar-refractivity contribution is -0.137. The van der Waals surface area contributed by atoms with Crippen LogP contribution in [0.2, 0.25) is 0 Å². The van der Waals surface area contributed by atoms with Gasteiger partial charge in [-0.1, -0.05) is 12.1 Å². The first-order chi connectivity index (χ1) is 13.0. The predicted molar refractivity (Wildman–Crippen MR) is 95.0 cm³/mol. The van der Waals surface area contributed by atoms with Crippen LogP contribution in [-0.4, -0.2) is 23.7 Å². The first-order valence-corrected chi connectivity index (χ1v) is 8.53. The van der Waals surface area contributed by atoms with Crippen molar-refractivity contribution in [1.82, 2.24) is 23.7 Å². The van der Waals surface area contributed by atoms with Gasteiger partial charge in [-0.25, -0.2) is 9.97 Å². The molecule has 4 rings (SSSR count). The molecule has 3 heterocycles. The molecule has 3 aromatic heterocycles. The van der Waals surface area contributed by atoms with Gasteiger partial charge < -0.3 is 5.32 Å². The Kier molecular flexibility index (Phi) is 4.40. The number of pyridine rings is 1. The van der Waals surface area contributed by atoms with Crippen LogP contribution in [0.15, 0.2) is 48.9 Å². The van der Waals surface area contributed by atoms with Crippen LogP contribution in [0.5, 0.6) is 0 Å². The molecule has 27 heavy (non-hydrogen) atoms. The quantitative estimate of drug-likeness (QED) is 0.565. The molecular formula is C17H11F3N6S. The summed E-state index contributed by atoms with van der Waals surface area (Å²) >= 11 is 1.14. The largest absolute Gasteiger partial charge is 0.417 e. The minimum absolute atomic E-state index is 0.159. The highest BCUT2D eigenvalue weighted by molar-refractivity contribution is 7.00. The molecule has 0 amide bonds. The van der Waals surface area contributed by atoms with Gasteiger partial charge in [-0.2, -0.15) is 21.9 Å². The molecule has 0 saturated heterocycles. The average Bonchev–Trinajstić information content (AvgIpc) is 3.15. The van der Waals surface area contributed by atoms with Gasteiger partial charge in [0.1, 0.15) is 16.9 Å². The first kappa shape index (κ1) is 17.3. The van der Waals surface area contributed by atoms with Crippen molar-refractivity contribution in [2.75, 3.05) is 5.32 Å². The molecule has 6 nitrogen and oxygen atoms in total. The number of nitrogens with one attached hydrogen (secondary N) is 1. The maximum Gasteiger partial charge on any atom is 0.417 e. The fourth-order valence-electron chi connectivity index (χ4n) is 2.50. The first-order valence-electron chi connectivity index (χ1n) is 7.80. The third-order valence-electron chi connectivity index (χ3n) is 3.81. The standard InChI is InChI=1S/C17H11F3N6S/c18-17(19,20)12-6-11(7-21-9-12)16-22-5-4-14(24-16)23-8-10-2-1-3-13-15(10)26-27-25-13/h1-7,9H,8H2,(H,22,23,24). The number of nitrogens with zero attached hydrogens (tertiary/aromatic N) is 5. The Morgan fingerprint density at radius 1 is 1.07 bits per heavy atom. The zero-order valence-electron chi connectivity index (χ0n) is 13.6. The van der Waals surface area contributed by atoms with Gasteiger partial charge in [-0.05, 0) is 18.2 Å². The van der Waals surface area contributed by atoms with Crippen LogP contribution in [0.1, 0.15) is 11.1 Å². The Bertz CT molecular complexity index is 1100. The Balaban J connectivity index is 1.57. The summed E-state index contributed by atoms with van der Waals surface area (Å²) in [5.74, 6) is 0.643. The number of fused-ring (bicyclic) bond motifs is 1. The maximum absolute atomic E-state index is 12.9. The van der Waals surface area contributed by atoms with Crippen LogP contribution in [0.3, 0.4) is 0 Å². The third kappa shape index (κ3) is 3.70. The predicted octanol–water partition coefficient (Wildman–Crippen LogP) is 4.17. The highest BCUT2D eigenvalue weighted by Crippen LogP contribution is 2.30. The summed E-state index contributed by atoms with van der Waals surface area (Å²) in [4.78, 5) is 12.0. The van der Waals surface area contributed by atoms with E-state index < -0.39 is 11.7 Å². The third-order valence-corrected chi connectivity index (χ3v) is 4.35. The fourth-order valence-corrected chi connectivity index (χ4v) is 3.07. The van der Waals surface area contributed by atoms with Crippen molar-refractivity contribution in [1.29, 1.82) is 0 Å². The second-order valence-corrected chi connectivity index (χ2v) is 6.16. The van der Waals surface area contributed by atoms with Gasteiger partial charge in [0.2, 0.25) is 0 Å². The monoisotopic (exact) mass is 388 g/mol. The van der Waals surface area contributed by atoms with Gasteiger partial charge in [0.05, 0.1) is 17.3 Å². The lowest BCUT2D eigenvalue weighted by atomic mass is 10.2. The van der Waals surface area contributed by atoms with E-state index in [0.717, 1.165) is 40.6 Å². The molecule has 0 fully saturated rings. The minimum atomic E-state index is -4.47. The van der Waals surface area contributed by atoms with Crippen molar-refractivity contribution in [3.63, 3.8) is 0 Å². The Hall–Kier alpha value is -3.14. The number of halogens is 3. The van der Waals surface area contributed by atoms with Crippen molar-refractivity contribution in [2.45, 2.75) is 12.7 Å². The molecule has 136 valence electrons. The van der Waals surface area contributed by atoms with E-state index in [0.29, 0.717) is 12.4 Å². The average molecular weight is 388 g/mol. The molecule has 0 atom stereocenters.